The lowest BCUT2D eigenvalue weighted by atomic mass is 10.0. The summed E-state index contributed by atoms with van der Waals surface area (Å²) in [4.78, 5) is 11.2. The quantitative estimate of drug-likeness (QED) is 0.298. The number of ether oxygens (including phenoxy) is 1. The fourth-order valence-corrected chi connectivity index (χ4v) is 2.07. The Hall–Kier alpha value is -0.790. The highest BCUT2D eigenvalue weighted by molar-refractivity contribution is 5.81. The van der Waals surface area contributed by atoms with Crippen molar-refractivity contribution in [3.05, 3.63) is 12.7 Å². The minimum atomic E-state index is -0.284. The van der Waals surface area contributed by atoms with Gasteiger partial charge < -0.3 is 4.74 Å². The number of rotatable bonds is 11. The summed E-state index contributed by atoms with van der Waals surface area (Å²) < 4.78 is 5.33. The molecule has 18 heavy (non-hydrogen) atoms. The summed E-state index contributed by atoms with van der Waals surface area (Å²) in [6, 6.07) is 0. The first-order valence-corrected chi connectivity index (χ1v) is 7.43. The highest BCUT2D eigenvalue weighted by Crippen LogP contribution is 2.15. The van der Waals surface area contributed by atoms with Gasteiger partial charge in [0.2, 0.25) is 0 Å². The molecule has 0 aromatic carbocycles. The third kappa shape index (κ3) is 10.4. The van der Waals surface area contributed by atoms with Crippen LogP contribution < -0.4 is 0 Å². The van der Waals surface area contributed by atoms with Gasteiger partial charge in [0.15, 0.2) is 0 Å². The van der Waals surface area contributed by atoms with E-state index < -0.39 is 0 Å². The van der Waals surface area contributed by atoms with Gasteiger partial charge in [0.1, 0.15) is 6.10 Å². The van der Waals surface area contributed by atoms with Crippen LogP contribution in [0.5, 0.6) is 0 Å². The molecule has 2 nitrogen and oxygen atoms in total. The second-order valence-electron chi connectivity index (χ2n) is 5.44. The number of unbranched alkanes of at least 4 members (excludes halogenated alkanes) is 3. The summed E-state index contributed by atoms with van der Waals surface area (Å²) in [7, 11) is 0. The van der Waals surface area contributed by atoms with Crippen molar-refractivity contribution in [2.45, 2.75) is 78.2 Å². The predicted octanol–water partition coefficient (Wildman–Crippen LogP) is 4.88. The number of hydrogen-bond acceptors (Lipinski definition) is 2. The van der Waals surface area contributed by atoms with Gasteiger partial charge >= 0.3 is 5.97 Å². The summed E-state index contributed by atoms with van der Waals surface area (Å²) in [5, 5.41) is 0. The summed E-state index contributed by atoms with van der Waals surface area (Å²) in [5.41, 5.74) is 0. The smallest absolute Gasteiger partial charge is 0.330 e. The lowest BCUT2D eigenvalue weighted by molar-refractivity contribution is -0.143. The molecule has 0 radical (unpaired) electrons. The molecule has 2 heteroatoms. The van der Waals surface area contributed by atoms with E-state index in [1.54, 1.807) is 0 Å². The van der Waals surface area contributed by atoms with Gasteiger partial charge in [0.05, 0.1) is 0 Å². The van der Waals surface area contributed by atoms with E-state index >= 15 is 0 Å². The van der Waals surface area contributed by atoms with Crippen molar-refractivity contribution in [1.29, 1.82) is 0 Å². The van der Waals surface area contributed by atoms with E-state index in [1.165, 1.54) is 31.8 Å². The molecular weight excluding hydrogens is 224 g/mol. The Morgan fingerprint density at radius 2 is 1.72 bits per heavy atom. The lowest BCUT2D eigenvalue weighted by Gasteiger charge is -2.16. The van der Waals surface area contributed by atoms with Gasteiger partial charge in [-0.15, -0.1) is 0 Å². The zero-order chi connectivity index (χ0) is 13.8. The Morgan fingerprint density at radius 1 is 1.11 bits per heavy atom. The molecule has 0 aromatic rings. The monoisotopic (exact) mass is 254 g/mol. The summed E-state index contributed by atoms with van der Waals surface area (Å²) in [6.07, 6.45) is 10.7. The summed E-state index contributed by atoms with van der Waals surface area (Å²) in [6.45, 7) is 10.1. The van der Waals surface area contributed by atoms with Crippen LogP contribution in [0.4, 0.5) is 0 Å². The van der Waals surface area contributed by atoms with E-state index in [9.17, 15) is 4.79 Å². The third-order valence-electron chi connectivity index (χ3n) is 3.12. The fourth-order valence-electron chi connectivity index (χ4n) is 2.07. The van der Waals surface area contributed by atoms with Crippen LogP contribution in [0.1, 0.15) is 72.1 Å². The van der Waals surface area contributed by atoms with Gasteiger partial charge in [-0.1, -0.05) is 59.5 Å². The molecule has 106 valence electrons. The average Bonchev–Trinajstić information content (AvgIpc) is 2.33. The molecule has 0 saturated heterocycles. The van der Waals surface area contributed by atoms with E-state index in [0.29, 0.717) is 0 Å². The van der Waals surface area contributed by atoms with Crippen molar-refractivity contribution in [1.82, 2.24) is 0 Å². The van der Waals surface area contributed by atoms with Crippen molar-refractivity contribution >= 4 is 5.97 Å². The Morgan fingerprint density at radius 3 is 2.22 bits per heavy atom. The van der Waals surface area contributed by atoms with Crippen LogP contribution in [0, 0.1) is 5.92 Å². The molecule has 0 spiro atoms. The molecule has 0 heterocycles. The van der Waals surface area contributed by atoms with E-state index in [-0.39, 0.29) is 12.1 Å². The first-order valence-electron chi connectivity index (χ1n) is 7.43. The average molecular weight is 254 g/mol. The highest BCUT2D eigenvalue weighted by atomic mass is 16.5. The molecule has 0 rings (SSSR count). The lowest BCUT2D eigenvalue weighted by Crippen LogP contribution is -2.16. The molecule has 0 aliphatic carbocycles. The minimum Gasteiger partial charge on any atom is -0.459 e. The van der Waals surface area contributed by atoms with Gasteiger partial charge in [-0.25, -0.2) is 4.79 Å². The number of carbonyl (C=O) groups is 1. The highest BCUT2D eigenvalue weighted by Gasteiger charge is 2.11. The third-order valence-corrected chi connectivity index (χ3v) is 3.12. The van der Waals surface area contributed by atoms with Crippen LogP contribution in [0.3, 0.4) is 0 Å². The van der Waals surface area contributed by atoms with Crippen molar-refractivity contribution in [2.24, 2.45) is 5.92 Å². The van der Waals surface area contributed by atoms with Crippen LogP contribution in [0.25, 0.3) is 0 Å². The zero-order valence-electron chi connectivity index (χ0n) is 12.4. The van der Waals surface area contributed by atoms with Gasteiger partial charge in [0.25, 0.3) is 0 Å². The van der Waals surface area contributed by atoms with Crippen LogP contribution in [0.2, 0.25) is 0 Å². The number of carbonyl (C=O) groups excluding carboxylic acids is 1. The van der Waals surface area contributed by atoms with Crippen molar-refractivity contribution in [2.75, 3.05) is 0 Å². The van der Waals surface area contributed by atoms with Gasteiger partial charge in [-0.3, -0.25) is 0 Å². The van der Waals surface area contributed by atoms with E-state index in [4.69, 9.17) is 4.74 Å². The molecular formula is C16H30O2. The molecule has 1 atom stereocenters. The molecule has 0 aromatic heterocycles. The maximum Gasteiger partial charge on any atom is 0.330 e. The van der Waals surface area contributed by atoms with E-state index in [1.807, 2.05) is 0 Å². The normalized spacial score (nSPS) is 12.4. The van der Waals surface area contributed by atoms with Crippen molar-refractivity contribution in [3.63, 3.8) is 0 Å². The topological polar surface area (TPSA) is 26.3 Å². The van der Waals surface area contributed by atoms with E-state index in [0.717, 1.165) is 31.6 Å². The molecule has 0 amide bonds. The van der Waals surface area contributed by atoms with Crippen LogP contribution in [-0.4, -0.2) is 12.1 Å². The van der Waals surface area contributed by atoms with Gasteiger partial charge in [-0.05, 0) is 25.2 Å². The van der Waals surface area contributed by atoms with Crippen LogP contribution in [-0.2, 0) is 9.53 Å². The first-order chi connectivity index (χ1) is 8.60. The largest absolute Gasteiger partial charge is 0.459 e. The predicted molar refractivity (Wildman–Crippen MR) is 77.5 cm³/mol. The standard InChI is InChI=1S/C16H30O2/c1-5-11-15(18-16(17)6-2)13-10-8-7-9-12-14(3)4/h6,14-15H,2,5,7-13H2,1,3-4H3. The maximum atomic E-state index is 11.2. The summed E-state index contributed by atoms with van der Waals surface area (Å²) >= 11 is 0. The molecule has 0 aliphatic rings. The Bertz CT molecular complexity index is 221. The molecule has 0 saturated carbocycles. The molecule has 0 N–H and O–H groups in total. The van der Waals surface area contributed by atoms with Crippen LogP contribution in [0.15, 0.2) is 12.7 Å². The van der Waals surface area contributed by atoms with Crippen LogP contribution >= 0.6 is 0 Å². The Balaban J connectivity index is 3.63. The first kappa shape index (κ1) is 17.2. The summed E-state index contributed by atoms with van der Waals surface area (Å²) in [5.74, 6) is 0.527. The van der Waals surface area contributed by atoms with Crippen molar-refractivity contribution in [3.8, 4) is 0 Å². The fraction of sp³-hybridized carbons (Fsp3) is 0.812. The molecule has 0 fully saturated rings. The van der Waals surface area contributed by atoms with Gasteiger partial charge in [-0.2, -0.15) is 0 Å². The molecule has 0 bridgehead atoms. The molecule has 0 aliphatic heterocycles. The number of hydrogen-bond donors (Lipinski definition) is 0. The zero-order valence-corrected chi connectivity index (χ0v) is 12.4. The van der Waals surface area contributed by atoms with Gasteiger partial charge in [0, 0.05) is 6.08 Å². The Kier molecular flexibility index (Phi) is 10.8. The second kappa shape index (κ2) is 11.3. The molecule has 1 unspecified atom stereocenters. The SMILES string of the molecule is C=CC(=O)OC(CCC)CCCCCCC(C)C. The minimum absolute atomic E-state index is 0.0885. The second-order valence-corrected chi connectivity index (χ2v) is 5.44. The number of esters is 1. The Labute approximate surface area is 113 Å². The maximum absolute atomic E-state index is 11.2. The van der Waals surface area contributed by atoms with E-state index in [2.05, 4.69) is 27.4 Å². The van der Waals surface area contributed by atoms with Crippen molar-refractivity contribution < 1.29 is 9.53 Å².